The number of benzene rings is 2. The first-order valence-electron chi connectivity index (χ1n) is 9.40. The van der Waals surface area contributed by atoms with Gasteiger partial charge in [0, 0.05) is 6.42 Å². The molecule has 0 saturated carbocycles. The summed E-state index contributed by atoms with van der Waals surface area (Å²) in [6.45, 7) is 3.72. The SMILES string of the molecule is C=CCCCCCCCCC(=O)Oc1ccc(-c2ccc(O)cc2)cc1. The molecule has 3 nitrogen and oxygen atoms in total. The minimum atomic E-state index is -0.172. The standard InChI is InChI=1S/C23H28O3/c1-2-3-4-5-6-7-8-9-10-23(25)26-22-17-13-20(14-18-22)19-11-15-21(24)16-12-19/h2,11-18,24H,1,3-10H2. The molecule has 1 N–H and O–H groups in total. The number of esters is 1. The van der Waals surface area contributed by atoms with E-state index < -0.39 is 0 Å². The highest BCUT2D eigenvalue weighted by atomic mass is 16.5. The van der Waals surface area contributed by atoms with Crippen LogP contribution in [0.2, 0.25) is 0 Å². The lowest BCUT2D eigenvalue weighted by molar-refractivity contribution is -0.134. The maximum absolute atomic E-state index is 11.9. The van der Waals surface area contributed by atoms with E-state index in [9.17, 15) is 9.90 Å². The van der Waals surface area contributed by atoms with Crippen LogP contribution in [0.3, 0.4) is 0 Å². The molecule has 2 aromatic carbocycles. The number of carbonyl (C=O) groups is 1. The van der Waals surface area contributed by atoms with E-state index in [1.54, 1.807) is 24.3 Å². The van der Waals surface area contributed by atoms with E-state index in [2.05, 4.69) is 6.58 Å². The van der Waals surface area contributed by atoms with E-state index in [0.29, 0.717) is 12.2 Å². The van der Waals surface area contributed by atoms with Crippen LogP contribution < -0.4 is 4.74 Å². The van der Waals surface area contributed by atoms with Crippen LogP contribution >= 0.6 is 0 Å². The number of phenolic OH excluding ortho intramolecular Hbond substituents is 1. The lowest BCUT2D eigenvalue weighted by Gasteiger charge is -2.06. The van der Waals surface area contributed by atoms with E-state index in [1.807, 2.05) is 30.3 Å². The molecule has 0 aliphatic heterocycles. The summed E-state index contributed by atoms with van der Waals surface area (Å²) < 4.78 is 5.39. The van der Waals surface area contributed by atoms with Gasteiger partial charge in [0.15, 0.2) is 0 Å². The number of ether oxygens (including phenoxy) is 1. The fourth-order valence-corrected chi connectivity index (χ4v) is 2.82. The van der Waals surface area contributed by atoms with Crippen LogP contribution in [0.4, 0.5) is 0 Å². The lowest BCUT2D eigenvalue weighted by Crippen LogP contribution is -2.07. The molecule has 0 saturated heterocycles. The third-order valence-electron chi connectivity index (χ3n) is 4.33. The van der Waals surface area contributed by atoms with Crippen molar-refractivity contribution in [3.8, 4) is 22.6 Å². The summed E-state index contributed by atoms with van der Waals surface area (Å²) in [6, 6.07) is 14.5. The fraction of sp³-hybridized carbons (Fsp3) is 0.348. The Morgan fingerprint density at radius 2 is 1.38 bits per heavy atom. The summed E-state index contributed by atoms with van der Waals surface area (Å²) in [5.41, 5.74) is 2.02. The smallest absolute Gasteiger partial charge is 0.311 e. The molecule has 0 amide bonds. The third-order valence-corrected chi connectivity index (χ3v) is 4.33. The van der Waals surface area contributed by atoms with Crippen molar-refractivity contribution in [3.05, 3.63) is 61.2 Å². The van der Waals surface area contributed by atoms with E-state index in [-0.39, 0.29) is 11.7 Å². The van der Waals surface area contributed by atoms with Crippen molar-refractivity contribution in [2.24, 2.45) is 0 Å². The van der Waals surface area contributed by atoms with Gasteiger partial charge in [0.1, 0.15) is 11.5 Å². The molecule has 0 heterocycles. The van der Waals surface area contributed by atoms with Crippen LogP contribution in [0.25, 0.3) is 11.1 Å². The van der Waals surface area contributed by atoms with Crippen LogP contribution in [0, 0.1) is 0 Å². The molecule has 138 valence electrons. The second-order valence-corrected chi connectivity index (χ2v) is 6.49. The van der Waals surface area contributed by atoms with Crippen LogP contribution in [0.15, 0.2) is 61.2 Å². The molecule has 0 aliphatic carbocycles. The number of allylic oxidation sites excluding steroid dienone is 1. The van der Waals surface area contributed by atoms with Crippen LogP contribution in [-0.4, -0.2) is 11.1 Å². The largest absolute Gasteiger partial charge is 0.508 e. The Hall–Kier alpha value is -2.55. The Bertz CT molecular complexity index is 672. The predicted octanol–water partition coefficient (Wildman–Crippen LogP) is 6.27. The average molecular weight is 352 g/mol. The van der Waals surface area contributed by atoms with E-state index in [1.165, 1.54) is 25.7 Å². The molecule has 2 rings (SSSR count). The van der Waals surface area contributed by atoms with Crippen molar-refractivity contribution < 1.29 is 14.6 Å². The van der Waals surface area contributed by atoms with Gasteiger partial charge in [-0.2, -0.15) is 0 Å². The summed E-state index contributed by atoms with van der Waals surface area (Å²) in [7, 11) is 0. The number of aromatic hydroxyl groups is 1. The normalized spacial score (nSPS) is 10.5. The van der Waals surface area contributed by atoms with Crippen molar-refractivity contribution in [2.45, 2.75) is 51.4 Å². The van der Waals surface area contributed by atoms with E-state index in [0.717, 1.165) is 30.4 Å². The first-order chi connectivity index (χ1) is 12.7. The van der Waals surface area contributed by atoms with Gasteiger partial charge in [0.05, 0.1) is 0 Å². The van der Waals surface area contributed by atoms with Gasteiger partial charge < -0.3 is 9.84 Å². The average Bonchev–Trinajstić information content (AvgIpc) is 2.65. The highest BCUT2D eigenvalue weighted by Crippen LogP contribution is 2.24. The zero-order valence-corrected chi connectivity index (χ0v) is 15.3. The maximum Gasteiger partial charge on any atom is 0.311 e. The molecule has 0 bridgehead atoms. The third kappa shape index (κ3) is 7.14. The van der Waals surface area contributed by atoms with Crippen molar-refractivity contribution in [2.75, 3.05) is 0 Å². The Kier molecular flexibility index (Phi) is 8.47. The highest BCUT2D eigenvalue weighted by molar-refractivity contribution is 5.73. The molecular weight excluding hydrogens is 324 g/mol. The fourth-order valence-electron chi connectivity index (χ4n) is 2.82. The second-order valence-electron chi connectivity index (χ2n) is 6.49. The lowest BCUT2D eigenvalue weighted by atomic mass is 10.1. The molecular formula is C23H28O3. The number of hydrogen-bond donors (Lipinski definition) is 1. The Morgan fingerprint density at radius 1 is 0.846 bits per heavy atom. The van der Waals surface area contributed by atoms with Crippen molar-refractivity contribution in [3.63, 3.8) is 0 Å². The maximum atomic E-state index is 11.9. The van der Waals surface area contributed by atoms with Gasteiger partial charge in [-0.3, -0.25) is 4.79 Å². The molecule has 0 unspecified atom stereocenters. The first-order valence-corrected chi connectivity index (χ1v) is 9.40. The zero-order valence-electron chi connectivity index (χ0n) is 15.3. The van der Waals surface area contributed by atoms with Crippen molar-refractivity contribution in [1.82, 2.24) is 0 Å². The number of phenols is 1. The van der Waals surface area contributed by atoms with Crippen molar-refractivity contribution in [1.29, 1.82) is 0 Å². The number of rotatable bonds is 11. The molecule has 3 heteroatoms. The zero-order chi connectivity index (χ0) is 18.6. The van der Waals surface area contributed by atoms with Gasteiger partial charge in [0.25, 0.3) is 0 Å². The number of unbranched alkanes of at least 4 members (excludes halogenated alkanes) is 6. The van der Waals surface area contributed by atoms with Crippen molar-refractivity contribution >= 4 is 5.97 Å². The molecule has 0 spiro atoms. The van der Waals surface area contributed by atoms with Gasteiger partial charge >= 0.3 is 5.97 Å². The summed E-state index contributed by atoms with van der Waals surface area (Å²) in [5.74, 6) is 0.645. The van der Waals surface area contributed by atoms with E-state index >= 15 is 0 Å². The summed E-state index contributed by atoms with van der Waals surface area (Å²) in [4.78, 5) is 11.9. The number of carbonyl (C=O) groups excluding carboxylic acids is 1. The van der Waals surface area contributed by atoms with Crippen LogP contribution in [0.1, 0.15) is 51.4 Å². The second kappa shape index (κ2) is 11.1. The summed E-state index contributed by atoms with van der Waals surface area (Å²) in [6.07, 6.45) is 10.3. The van der Waals surface area contributed by atoms with Crippen LogP contribution in [0.5, 0.6) is 11.5 Å². The topological polar surface area (TPSA) is 46.5 Å². The number of hydrogen-bond acceptors (Lipinski definition) is 3. The molecule has 0 aromatic heterocycles. The molecule has 2 aromatic rings. The monoisotopic (exact) mass is 352 g/mol. The van der Waals surface area contributed by atoms with Gasteiger partial charge in [-0.15, -0.1) is 6.58 Å². The molecule has 0 atom stereocenters. The predicted molar refractivity (Wildman–Crippen MR) is 106 cm³/mol. The van der Waals surface area contributed by atoms with Gasteiger partial charge in [0.2, 0.25) is 0 Å². The first kappa shape index (κ1) is 19.8. The van der Waals surface area contributed by atoms with Gasteiger partial charge in [-0.1, -0.05) is 56.0 Å². The van der Waals surface area contributed by atoms with Gasteiger partial charge in [-0.25, -0.2) is 0 Å². The Balaban J connectivity index is 1.67. The minimum Gasteiger partial charge on any atom is -0.508 e. The van der Waals surface area contributed by atoms with Crippen LogP contribution in [-0.2, 0) is 4.79 Å². The molecule has 0 fully saturated rings. The Labute approximate surface area is 156 Å². The quantitative estimate of drug-likeness (QED) is 0.224. The Morgan fingerprint density at radius 3 is 2.00 bits per heavy atom. The molecule has 26 heavy (non-hydrogen) atoms. The molecule has 0 aliphatic rings. The van der Waals surface area contributed by atoms with E-state index in [4.69, 9.17) is 4.74 Å². The highest BCUT2D eigenvalue weighted by Gasteiger charge is 2.05. The summed E-state index contributed by atoms with van der Waals surface area (Å²) in [5, 5.41) is 9.34. The minimum absolute atomic E-state index is 0.172. The molecule has 0 radical (unpaired) electrons. The summed E-state index contributed by atoms with van der Waals surface area (Å²) >= 11 is 0. The van der Waals surface area contributed by atoms with Gasteiger partial charge in [-0.05, 0) is 54.7 Å².